The van der Waals surface area contributed by atoms with Gasteiger partial charge in [0, 0.05) is 17.3 Å². The number of nitrogens with zero attached hydrogens (tertiary/aromatic N) is 3. The fourth-order valence-electron chi connectivity index (χ4n) is 2.50. The van der Waals surface area contributed by atoms with Crippen molar-refractivity contribution in [3.63, 3.8) is 0 Å². The molecule has 0 radical (unpaired) electrons. The van der Waals surface area contributed by atoms with E-state index in [9.17, 15) is 0 Å². The van der Waals surface area contributed by atoms with Gasteiger partial charge in [-0.25, -0.2) is 4.98 Å². The zero-order chi connectivity index (χ0) is 16.6. The number of ether oxygens (including phenoxy) is 1. The van der Waals surface area contributed by atoms with Crippen molar-refractivity contribution in [3.8, 4) is 11.5 Å². The van der Waals surface area contributed by atoms with Gasteiger partial charge in [-0.3, -0.25) is 4.98 Å². The summed E-state index contributed by atoms with van der Waals surface area (Å²) in [4.78, 5) is 12.2. The Morgan fingerprint density at radius 1 is 1.09 bits per heavy atom. The summed E-state index contributed by atoms with van der Waals surface area (Å²) in [5.74, 6) is 1.76. The Morgan fingerprint density at radius 3 is 2.57 bits per heavy atom. The maximum Gasteiger partial charge on any atom is 0.222 e. The van der Waals surface area contributed by atoms with E-state index in [0.717, 1.165) is 27.8 Å². The fraction of sp³-hybridized carbons (Fsp3) is 0.235. The summed E-state index contributed by atoms with van der Waals surface area (Å²) in [6.45, 7) is 6.23. The smallest absolute Gasteiger partial charge is 0.222 e. The van der Waals surface area contributed by atoms with E-state index in [0.29, 0.717) is 5.75 Å². The highest BCUT2D eigenvalue weighted by Gasteiger charge is 2.14. The van der Waals surface area contributed by atoms with Gasteiger partial charge in [0.25, 0.3) is 0 Å². The number of aromatic nitrogens is 3. The summed E-state index contributed by atoms with van der Waals surface area (Å²) in [6, 6.07) is 6.07. The Labute approximate surface area is 134 Å². The van der Waals surface area contributed by atoms with Crippen LogP contribution in [0.25, 0.3) is 10.8 Å². The van der Waals surface area contributed by atoms with Crippen molar-refractivity contribution in [2.75, 3.05) is 11.5 Å². The number of pyridine rings is 1. The number of nitrogens with two attached hydrogens (primary N) is 2. The zero-order valence-electron chi connectivity index (χ0n) is 13.4. The first-order valence-corrected chi connectivity index (χ1v) is 7.41. The van der Waals surface area contributed by atoms with Gasteiger partial charge in [0.2, 0.25) is 5.95 Å². The Morgan fingerprint density at radius 2 is 1.87 bits per heavy atom. The molecule has 6 heteroatoms. The van der Waals surface area contributed by atoms with E-state index in [4.69, 9.17) is 16.2 Å². The van der Waals surface area contributed by atoms with Crippen LogP contribution in [0.15, 0.2) is 30.6 Å². The van der Waals surface area contributed by atoms with Gasteiger partial charge in [0.05, 0.1) is 6.20 Å². The van der Waals surface area contributed by atoms with Crippen LogP contribution in [0, 0.1) is 6.92 Å². The van der Waals surface area contributed by atoms with Gasteiger partial charge < -0.3 is 16.2 Å². The van der Waals surface area contributed by atoms with Crippen LogP contribution < -0.4 is 16.2 Å². The van der Waals surface area contributed by atoms with Crippen LogP contribution in [0.1, 0.15) is 31.0 Å². The number of hydrogen-bond donors (Lipinski definition) is 2. The molecule has 4 N–H and O–H groups in total. The lowest BCUT2D eigenvalue weighted by atomic mass is 9.97. The number of fused-ring (bicyclic) bond motifs is 1. The molecular weight excluding hydrogens is 290 g/mol. The third kappa shape index (κ3) is 2.88. The molecule has 0 aliphatic carbocycles. The molecular formula is C17H19N5O. The minimum Gasteiger partial charge on any atom is -0.452 e. The van der Waals surface area contributed by atoms with Crippen LogP contribution >= 0.6 is 0 Å². The number of benzene rings is 1. The lowest BCUT2D eigenvalue weighted by Crippen LogP contribution is -2.02. The van der Waals surface area contributed by atoms with Crippen molar-refractivity contribution >= 4 is 22.5 Å². The average molecular weight is 309 g/mol. The van der Waals surface area contributed by atoms with Crippen LogP contribution in [0.4, 0.5) is 11.8 Å². The van der Waals surface area contributed by atoms with Crippen LogP contribution in [-0.4, -0.2) is 15.0 Å². The van der Waals surface area contributed by atoms with Crippen molar-refractivity contribution in [2.45, 2.75) is 26.7 Å². The molecule has 0 bridgehead atoms. The van der Waals surface area contributed by atoms with E-state index in [2.05, 4.69) is 34.9 Å². The highest BCUT2D eigenvalue weighted by molar-refractivity contribution is 5.87. The number of rotatable bonds is 3. The molecule has 0 unspecified atom stereocenters. The minimum atomic E-state index is 0.124. The molecule has 0 amide bonds. The first-order valence-electron chi connectivity index (χ1n) is 7.41. The number of hydrogen-bond acceptors (Lipinski definition) is 6. The largest absolute Gasteiger partial charge is 0.452 e. The molecule has 0 aliphatic rings. The first kappa shape index (κ1) is 15.0. The van der Waals surface area contributed by atoms with Gasteiger partial charge >= 0.3 is 0 Å². The van der Waals surface area contributed by atoms with Crippen LogP contribution in [-0.2, 0) is 0 Å². The van der Waals surface area contributed by atoms with Gasteiger partial charge in [0.1, 0.15) is 5.75 Å². The minimum absolute atomic E-state index is 0.124. The Kier molecular flexibility index (Phi) is 3.73. The lowest BCUT2D eigenvalue weighted by molar-refractivity contribution is 0.472. The van der Waals surface area contributed by atoms with Crippen molar-refractivity contribution in [1.29, 1.82) is 0 Å². The summed E-state index contributed by atoms with van der Waals surface area (Å²) < 4.78 is 5.98. The normalized spacial score (nSPS) is 11.1. The molecule has 6 nitrogen and oxygen atoms in total. The molecule has 0 saturated carbocycles. The maximum absolute atomic E-state index is 5.98. The second kappa shape index (κ2) is 5.72. The first-order chi connectivity index (χ1) is 11.0. The second-order valence-corrected chi connectivity index (χ2v) is 5.74. The van der Waals surface area contributed by atoms with Crippen LogP contribution in [0.2, 0.25) is 0 Å². The van der Waals surface area contributed by atoms with Gasteiger partial charge in [0.15, 0.2) is 11.6 Å². The van der Waals surface area contributed by atoms with E-state index in [1.165, 1.54) is 6.20 Å². The van der Waals surface area contributed by atoms with Gasteiger partial charge in [-0.2, -0.15) is 4.98 Å². The molecule has 3 aromatic rings. The fourth-order valence-corrected chi connectivity index (χ4v) is 2.50. The van der Waals surface area contributed by atoms with E-state index >= 15 is 0 Å². The van der Waals surface area contributed by atoms with Crippen LogP contribution in [0.5, 0.6) is 11.5 Å². The van der Waals surface area contributed by atoms with E-state index < -0.39 is 0 Å². The van der Waals surface area contributed by atoms with E-state index in [1.54, 1.807) is 6.20 Å². The zero-order valence-corrected chi connectivity index (χ0v) is 13.4. The maximum atomic E-state index is 5.98. The highest BCUT2D eigenvalue weighted by atomic mass is 16.5. The number of nitrogen functional groups attached to an aromatic ring is 2. The molecule has 23 heavy (non-hydrogen) atoms. The number of anilines is 2. The van der Waals surface area contributed by atoms with Crippen molar-refractivity contribution in [1.82, 2.24) is 15.0 Å². The quantitative estimate of drug-likeness (QED) is 0.769. The molecule has 118 valence electrons. The standard InChI is InChI=1S/C17H19N5O/c1-9(2)12-7-13-10(3)20-5-4-11(13)6-14(12)23-15-8-21-17(19)22-16(15)18/h4-9H,1-3H3,(H4,18,19,21,22). The second-order valence-electron chi connectivity index (χ2n) is 5.74. The van der Waals surface area contributed by atoms with Gasteiger partial charge in [-0.15, -0.1) is 0 Å². The summed E-state index contributed by atoms with van der Waals surface area (Å²) in [7, 11) is 0. The third-order valence-electron chi connectivity index (χ3n) is 3.74. The van der Waals surface area contributed by atoms with Gasteiger partial charge in [-0.05, 0) is 42.0 Å². The molecule has 0 spiro atoms. The molecule has 0 fully saturated rings. The highest BCUT2D eigenvalue weighted by Crippen LogP contribution is 2.36. The third-order valence-corrected chi connectivity index (χ3v) is 3.74. The predicted octanol–water partition coefficient (Wildman–Crippen LogP) is 3.41. The van der Waals surface area contributed by atoms with E-state index in [1.807, 2.05) is 19.1 Å². The average Bonchev–Trinajstić information content (AvgIpc) is 2.49. The summed E-state index contributed by atoms with van der Waals surface area (Å²) in [5, 5.41) is 2.18. The molecule has 1 aromatic carbocycles. The molecule has 0 aliphatic heterocycles. The van der Waals surface area contributed by atoms with Crippen molar-refractivity contribution in [2.24, 2.45) is 0 Å². The van der Waals surface area contributed by atoms with Gasteiger partial charge in [-0.1, -0.05) is 13.8 Å². The monoisotopic (exact) mass is 309 g/mol. The Hall–Kier alpha value is -2.89. The lowest BCUT2D eigenvalue weighted by Gasteiger charge is -2.16. The predicted molar refractivity (Wildman–Crippen MR) is 91.5 cm³/mol. The van der Waals surface area contributed by atoms with Crippen LogP contribution in [0.3, 0.4) is 0 Å². The SMILES string of the molecule is Cc1nccc2cc(Oc3cnc(N)nc3N)c(C(C)C)cc12. The molecule has 2 heterocycles. The molecule has 3 rings (SSSR count). The Balaban J connectivity index is 2.13. The molecule has 0 atom stereocenters. The Bertz CT molecular complexity index is 876. The number of aryl methyl sites for hydroxylation is 1. The molecule has 2 aromatic heterocycles. The summed E-state index contributed by atoms with van der Waals surface area (Å²) in [5.41, 5.74) is 13.5. The summed E-state index contributed by atoms with van der Waals surface area (Å²) in [6.07, 6.45) is 3.28. The summed E-state index contributed by atoms with van der Waals surface area (Å²) >= 11 is 0. The molecule has 0 saturated heterocycles. The topological polar surface area (TPSA) is 99.9 Å². The van der Waals surface area contributed by atoms with Crippen molar-refractivity contribution in [3.05, 3.63) is 41.9 Å². The van der Waals surface area contributed by atoms with E-state index in [-0.39, 0.29) is 17.7 Å². The van der Waals surface area contributed by atoms with Crippen molar-refractivity contribution < 1.29 is 4.74 Å².